The zero-order chi connectivity index (χ0) is 16.5. The lowest BCUT2D eigenvalue weighted by Gasteiger charge is -2.20. The summed E-state index contributed by atoms with van der Waals surface area (Å²) >= 11 is 0. The highest BCUT2D eigenvalue weighted by molar-refractivity contribution is 5.97. The molecule has 5 nitrogen and oxygen atoms in total. The maximum absolute atomic E-state index is 12.6. The summed E-state index contributed by atoms with van der Waals surface area (Å²) in [6.07, 6.45) is 6.22. The van der Waals surface area contributed by atoms with Gasteiger partial charge in [0.1, 0.15) is 0 Å². The van der Waals surface area contributed by atoms with Crippen molar-refractivity contribution in [2.45, 2.75) is 25.7 Å². The van der Waals surface area contributed by atoms with Crippen LogP contribution >= 0.6 is 0 Å². The Bertz CT molecular complexity index is 549. The van der Waals surface area contributed by atoms with E-state index in [9.17, 15) is 9.59 Å². The van der Waals surface area contributed by atoms with Crippen LogP contribution in [0.2, 0.25) is 0 Å². The fourth-order valence-corrected chi connectivity index (χ4v) is 2.68. The van der Waals surface area contributed by atoms with Crippen molar-refractivity contribution in [3.05, 3.63) is 42.5 Å². The number of amides is 2. The van der Waals surface area contributed by atoms with Crippen LogP contribution in [0, 0.1) is 0 Å². The zero-order valence-electron chi connectivity index (χ0n) is 13.5. The van der Waals surface area contributed by atoms with Crippen LogP contribution in [0.25, 0.3) is 0 Å². The minimum absolute atomic E-state index is 0.0489. The molecule has 1 aliphatic rings. The van der Waals surface area contributed by atoms with Crippen LogP contribution in [0.1, 0.15) is 36.0 Å². The number of rotatable bonds is 6. The van der Waals surface area contributed by atoms with Crippen molar-refractivity contribution in [3.63, 3.8) is 0 Å². The molecule has 124 valence electrons. The molecule has 5 heteroatoms. The van der Waals surface area contributed by atoms with E-state index in [0.717, 1.165) is 25.9 Å². The van der Waals surface area contributed by atoms with Crippen LogP contribution in [0.3, 0.4) is 0 Å². The van der Waals surface area contributed by atoms with Gasteiger partial charge >= 0.3 is 0 Å². The second-order valence-electron chi connectivity index (χ2n) is 5.75. The molecule has 0 aromatic heterocycles. The highest BCUT2D eigenvalue weighted by atomic mass is 16.2. The van der Waals surface area contributed by atoms with Gasteiger partial charge in [-0.2, -0.15) is 0 Å². The van der Waals surface area contributed by atoms with E-state index in [2.05, 4.69) is 17.2 Å². The number of nitrogens with zero attached hydrogens (tertiary/aromatic N) is 1. The first-order valence-corrected chi connectivity index (χ1v) is 8.21. The lowest BCUT2D eigenvalue weighted by molar-refractivity contribution is -0.115. The van der Waals surface area contributed by atoms with Crippen molar-refractivity contribution < 1.29 is 9.59 Å². The van der Waals surface area contributed by atoms with Gasteiger partial charge in [-0.25, -0.2) is 0 Å². The first-order valence-electron chi connectivity index (χ1n) is 8.21. The third-order valence-electron chi connectivity index (χ3n) is 3.86. The maximum atomic E-state index is 12.6. The van der Waals surface area contributed by atoms with Crippen LogP contribution in [0.15, 0.2) is 36.9 Å². The minimum Gasteiger partial charge on any atom is -0.339 e. The highest BCUT2D eigenvalue weighted by Gasteiger charge is 2.17. The average Bonchev–Trinajstić information content (AvgIpc) is 2.84. The molecule has 0 atom stereocenters. The third-order valence-corrected chi connectivity index (χ3v) is 3.86. The second kappa shape index (κ2) is 9.10. The number of hydrogen-bond acceptors (Lipinski definition) is 3. The molecular formula is C18H25N3O2. The molecule has 1 aromatic carbocycles. The maximum Gasteiger partial charge on any atom is 0.253 e. The molecule has 2 rings (SSSR count). The molecule has 0 radical (unpaired) electrons. The molecule has 23 heavy (non-hydrogen) atoms. The number of likely N-dealkylation sites (tertiary alicyclic amines) is 1. The van der Waals surface area contributed by atoms with Crippen molar-refractivity contribution >= 4 is 17.5 Å². The monoisotopic (exact) mass is 315 g/mol. The van der Waals surface area contributed by atoms with Gasteiger partial charge in [0.05, 0.1) is 6.54 Å². The Morgan fingerprint density at radius 2 is 1.91 bits per heavy atom. The molecule has 0 spiro atoms. The summed E-state index contributed by atoms with van der Waals surface area (Å²) < 4.78 is 0. The molecule has 1 aromatic rings. The molecule has 0 unspecified atom stereocenters. The highest BCUT2D eigenvalue weighted by Crippen LogP contribution is 2.16. The van der Waals surface area contributed by atoms with Gasteiger partial charge in [0.15, 0.2) is 0 Å². The number of benzene rings is 1. The largest absolute Gasteiger partial charge is 0.339 e. The fraction of sp³-hybridized carbons (Fsp3) is 0.444. The molecule has 0 bridgehead atoms. The Hall–Kier alpha value is -2.14. The van der Waals surface area contributed by atoms with Gasteiger partial charge in [0.25, 0.3) is 5.91 Å². The third kappa shape index (κ3) is 5.53. The van der Waals surface area contributed by atoms with Gasteiger partial charge in [0, 0.05) is 30.9 Å². The number of hydrogen-bond donors (Lipinski definition) is 2. The van der Waals surface area contributed by atoms with Crippen molar-refractivity contribution in [1.29, 1.82) is 0 Å². The van der Waals surface area contributed by atoms with Crippen molar-refractivity contribution in [1.82, 2.24) is 10.2 Å². The summed E-state index contributed by atoms with van der Waals surface area (Å²) in [6, 6.07) is 7.15. The summed E-state index contributed by atoms with van der Waals surface area (Å²) in [4.78, 5) is 26.3. The van der Waals surface area contributed by atoms with Gasteiger partial charge in [-0.3, -0.25) is 9.59 Å². The van der Waals surface area contributed by atoms with Crippen LogP contribution < -0.4 is 10.6 Å². The summed E-state index contributed by atoms with van der Waals surface area (Å²) in [7, 11) is 0. The van der Waals surface area contributed by atoms with E-state index in [1.54, 1.807) is 30.3 Å². The predicted molar refractivity (Wildman–Crippen MR) is 92.5 cm³/mol. The van der Waals surface area contributed by atoms with Gasteiger partial charge in [-0.05, 0) is 31.0 Å². The van der Waals surface area contributed by atoms with Gasteiger partial charge < -0.3 is 15.5 Å². The van der Waals surface area contributed by atoms with Crippen molar-refractivity contribution in [2.24, 2.45) is 0 Å². The molecule has 1 saturated heterocycles. The van der Waals surface area contributed by atoms with Gasteiger partial charge in [0.2, 0.25) is 5.91 Å². The lowest BCUT2D eigenvalue weighted by atomic mass is 10.1. The molecule has 2 N–H and O–H groups in total. The predicted octanol–water partition coefficient (Wildman–Crippen LogP) is 2.42. The number of carbonyl (C=O) groups excluding carboxylic acids is 2. The summed E-state index contributed by atoms with van der Waals surface area (Å²) in [6.45, 7) is 6.03. The Labute approximate surface area is 137 Å². The Balaban J connectivity index is 1.96. The van der Waals surface area contributed by atoms with E-state index < -0.39 is 0 Å². The SMILES string of the molecule is C=CCNCC(=O)Nc1cccc(C(=O)N2CCCCCC2)c1. The molecule has 0 saturated carbocycles. The van der Waals surface area contributed by atoms with Crippen molar-refractivity contribution in [3.8, 4) is 0 Å². The number of nitrogens with one attached hydrogen (secondary N) is 2. The first kappa shape index (κ1) is 17.2. The Kier molecular flexibility index (Phi) is 6.81. The van der Waals surface area contributed by atoms with Gasteiger partial charge in [-0.1, -0.05) is 25.0 Å². The lowest BCUT2D eigenvalue weighted by Crippen LogP contribution is -2.32. The second-order valence-corrected chi connectivity index (χ2v) is 5.75. The topological polar surface area (TPSA) is 61.4 Å². The van der Waals surface area contributed by atoms with Crippen LogP contribution in [0.5, 0.6) is 0 Å². The van der Waals surface area contributed by atoms with Gasteiger partial charge in [-0.15, -0.1) is 6.58 Å². The number of carbonyl (C=O) groups is 2. The zero-order valence-corrected chi connectivity index (χ0v) is 13.5. The average molecular weight is 315 g/mol. The smallest absolute Gasteiger partial charge is 0.253 e. The van der Waals surface area contributed by atoms with E-state index >= 15 is 0 Å². The molecule has 1 aliphatic heterocycles. The molecule has 0 aliphatic carbocycles. The molecule has 2 amide bonds. The van der Waals surface area contributed by atoms with Crippen molar-refractivity contribution in [2.75, 3.05) is 31.5 Å². The van der Waals surface area contributed by atoms with Crippen LogP contribution in [0.4, 0.5) is 5.69 Å². The summed E-state index contributed by atoms with van der Waals surface area (Å²) in [5.41, 5.74) is 1.28. The first-order chi connectivity index (χ1) is 11.2. The van der Waals surface area contributed by atoms with E-state index in [0.29, 0.717) is 17.8 Å². The summed E-state index contributed by atoms with van der Waals surface area (Å²) in [5.74, 6) is -0.0843. The molecular weight excluding hydrogens is 290 g/mol. The summed E-state index contributed by atoms with van der Waals surface area (Å²) in [5, 5.41) is 5.75. The standard InChI is InChI=1S/C18H25N3O2/c1-2-10-19-14-17(22)20-16-9-7-8-15(13-16)18(23)21-11-5-3-4-6-12-21/h2,7-9,13,19H,1,3-6,10-12,14H2,(H,20,22). The van der Waals surface area contributed by atoms with E-state index in [1.807, 2.05) is 4.90 Å². The fourth-order valence-electron chi connectivity index (χ4n) is 2.68. The van der Waals surface area contributed by atoms with E-state index in [-0.39, 0.29) is 18.4 Å². The van der Waals surface area contributed by atoms with E-state index in [4.69, 9.17) is 0 Å². The quantitative estimate of drug-likeness (QED) is 0.626. The number of anilines is 1. The minimum atomic E-state index is -0.133. The normalized spacial score (nSPS) is 14.9. The molecule has 1 heterocycles. The Morgan fingerprint density at radius 3 is 2.61 bits per heavy atom. The molecule has 1 fully saturated rings. The van der Waals surface area contributed by atoms with E-state index in [1.165, 1.54) is 12.8 Å². The Morgan fingerprint density at radius 1 is 1.17 bits per heavy atom. The van der Waals surface area contributed by atoms with Crippen LogP contribution in [-0.4, -0.2) is 42.9 Å². The van der Waals surface area contributed by atoms with Crippen LogP contribution in [-0.2, 0) is 4.79 Å².